The highest BCUT2D eigenvalue weighted by atomic mass is 28.3. The van der Waals surface area contributed by atoms with Crippen molar-refractivity contribution in [3.63, 3.8) is 0 Å². The lowest BCUT2D eigenvalue weighted by Gasteiger charge is -2.38. The number of benzene rings is 2. The van der Waals surface area contributed by atoms with Gasteiger partial charge in [-0.05, 0) is 33.6 Å². The first-order chi connectivity index (χ1) is 12.6. The molecule has 0 heterocycles. The Bertz CT molecular complexity index is 882. The summed E-state index contributed by atoms with van der Waals surface area (Å²) >= 11 is 0. The molecule has 0 saturated heterocycles. The average Bonchev–Trinajstić information content (AvgIpc) is 2.55. The Morgan fingerprint density at radius 1 is 1.04 bits per heavy atom. The normalized spacial score (nSPS) is 11.9. The van der Waals surface area contributed by atoms with E-state index in [-0.39, 0.29) is 12.2 Å². The van der Waals surface area contributed by atoms with Gasteiger partial charge in [0.15, 0.2) is 0 Å². The van der Waals surface area contributed by atoms with Crippen LogP contribution >= 0.6 is 0 Å². The van der Waals surface area contributed by atoms with Gasteiger partial charge < -0.3 is 5.11 Å². The van der Waals surface area contributed by atoms with Crippen molar-refractivity contribution in [2.24, 2.45) is 0 Å². The molecule has 27 heavy (non-hydrogen) atoms. The summed E-state index contributed by atoms with van der Waals surface area (Å²) in [6.45, 7) is 13.4. The van der Waals surface area contributed by atoms with Crippen molar-refractivity contribution in [3.05, 3.63) is 47.3 Å². The molecule has 2 aromatic carbocycles. The van der Waals surface area contributed by atoms with Gasteiger partial charge in [0.05, 0.1) is 12.0 Å². The van der Waals surface area contributed by atoms with Crippen LogP contribution in [0.15, 0.2) is 30.3 Å². The van der Waals surface area contributed by atoms with Crippen LogP contribution in [0.3, 0.4) is 0 Å². The molecule has 0 spiro atoms. The van der Waals surface area contributed by atoms with Crippen LogP contribution in [-0.4, -0.2) is 19.1 Å². The number of halogens is 1. The molecule has 0 saturated carbocycles. The lowest BCUT2D eigenvalue weighted by molar-refractivity contribution is -0.136. The molecule has 0 atom stereocenters. The Hall–Kier alpha value is -2.12. The lowest BCUT2D eigenvalue weighted by atomic mass is 10.0. The summed E-state index contributed by atoms with van der Waals surface area (Å²) in [5.74, 6) is 2.03. The Morgan fingerprint density at radius 3 is 2.15 bits per heavy atom. The van der Waals surface area contributed by atoms with Gasteiger partial charge in [-0.2, -0.15) is 0 Å². The fourth-order valence-electron chi connectivity index (χ4n) is 4.37. The van der Waals surface area contributed by atoms with Crippen LogP contribution in [0, 0.1) is 17.3 Å². The van der Waals surface area contributed by atoms with Gasteiger partial charge in [0.25, 0.3) is 0 Å². The first-order valence-corrected chi connectivity index (χ1v) is 11.8. The van der Waals surface area contributed by atoms with Crippen molar-refractivity contribution in [2.45, 2.75) is 64.6 Å². The molecule has 4 heteroatoms. The van der Waals surface area contributed by atoms with E-state index in [4.69, 9.17) is 5.11 Å². The summed E-state index contributed by atoms with van der Waals surface area (Å²) in [4.78, 5) is 11.0. The minimum Gasteiger partial charge on any atom is -0.481 e. The van der Waals surface area contributed by atoms with Gasteiger partial charge >= 0.3 is 5.97 Å². The Kier molecular flexibility index (Phi) is 6.49. The number of fused-ring (bicyclic) bond motifs is 1. The quantitative estimate of drug-likeness (QED) is 0.494. The summed E-state index contributed by atoms with van der Waals surface area (Å²) in [5.41, 5.74) is 6.14. The van der Waals surface area contributed by atoms with Crippen LogP contribution in [0.25, 0.3) is 10.8 Å². The number of carbonyl (C=O) groups is 1. The molecule has 0 amide bonds. The zero-order chi connectivity index (χ0) is 20.4. The van der Waals surface area contributed by atoms with E-state index in [0.29, 0.717) is 27.8 Å². The molecule has 2 rings (SSSR count). The fraction of sp³-hybridized carbons (Fsp3) is 0.435. The van der Waals surface area contributed by atoms with Crippen molar-refractivity contribution in [3.8, 4) is 11.5 Å². The lowest BCUT2D eigenvalue weighted by Crippen LogP contribution is -2.43. The summed E-state index contributed by atoms with van der Waals surface area (Å²) in [5, 5.41) is 10.6. The predicted molar refractivity (Wildman–Crippen MR) is 113 cm³/mol. The smallest absolute Gasteiger partial charge is 0.307 e. The maximum Gasteiger partial charge on any atom is 0.307 e. The zero-order valence-electron chi connectivity index (χ0n) is 17.1. The molecular weight excluding hydrogens is 355 g/mol. The second-order valence-corrected chi connectivity index (χ2v) is 13.8. The summed E-state index contributed by atoms with van der Waals surface area (Å²) in [6.07, 6.45) is -0.0433. The van der Waals surface area contributed by atoms with Gasteiger partial charge in [-0.25, -0.2) is 4.39 Å². The molecule has 0 radical (unpaired) electrons. The Morgan fingerprint density at radius 2 is 1.63 bits per heavy atom. The van der Waals surface area contributed by atoms with E-state index in [0.717, 1.165) is 10.8 Å². The van der Waals surface area contributed by atoms with E-state index in [9.17, 15) is 9.18 Å². The predicted octanol–water partition coefficient (Wildman–Crippen LogP) is 6.18. The van der Waals surface area contributed by atoms with Crippen molar-refractivity contribution in [1.29, 1.82) is 0 Å². The molecule has 2 nitrogen and oxygen atoms in total. The SMILES string of the molecule is CC(C)[Si](C#Cc1c(F)ccc2cc(CC(=O)O)ccc12)(C(C)C)C(C)C. The molecule has 0 bridgehead atoms. The third kappa shape index (κ3) is 4.25. The van der Waals surface area contributed by atoms with E-state index in [2.05, 4.69) is 53.0 Å². The second kappa shape index (κ2) is 8.27. The van der Waals surface area contributed by atoms with Gasteiger partial charge in [-0.1, -0.05) is 71.7 Å². The van der Waals surface area contributed by atoms with Crippen LogP contribution < -0.4 is 0 Å². The first-order valence-electron chi connectivity index (χ1n) is 9.55. The zero-order valence-corrected chi connectivity index (χ0v) is 18.1. The molecule has 1 N–H and O–H groups in total. The van der Waals surface area contributed by atoms with Crippen LogP contribution in [-0.2, 0) is 11.2 Å². The molecule has 0 aromatic heterocycles. The molecule has 2 aromatic rings. The molecular formula is C23H29FO2Si. The fourth-order valence-corrected chi connectivity index (χ4v) is 9.58. The maximum atomic E-state index is 14.6. The van der Waals surface area contributed by atoms with Crippen molar-refractivity contribution >= 4 is 24.8 Å². The first kappa shape index (κ1) is 21.2. The minimum atomic E-state index is -1.96. The monoisotopic (exact) mass is 384 g/mol. The molecule has 144 valence electrons. The van der Waals surface area contributed by atoms with Gasteiger partial charge in [0.1, 0.15) is 13.9 Å². The molecule has 0 aliphatic carbocycles. The van der Waals surface area contributed by atoms with E-state index < -0.39 is 14.0 Å². The van der Waals surface area contributed by atoms with Gasteiger partial charge in [-0.3, -0.25) is 4.79 Å². The molecule has 0 aliphatic heterocycles. The molecule has 0 fully saturated rings. The summed E-state index contributed by atoms with van der Waals surface area (Å²) in [7, 11) is -1.96. The summed E-state index contributed by atoms with van der Waals surface area (Å²) < 4.78 is 14.6. The highest BCUT2D eigenvalue weighted by Crippen LogP contribution is 2.41. The third-order valence-corrected chi connectivity index (χ3v) is 11.9. The number of aliphatic carboxylic acids is 1. The highest BCUT2D eigenvalue weighted by molar-refractivity contribution is 6.90. The standard InChI is InChI=1S/C23H29FO2Si/c1-15(2)27(16(3)4,17(5)6)12-11-21-20-9-7-18(14-23(25)26)13-19(20)8-10-22(21)24/h7-10,13,15-17H,14H2,1-6H3,(H,25,26). The average molecular weight is 385 g/mol. The Balaban J connectivity index is 2.64. The van der Waals surface area contributed by atoms with Crippen LogP contribution in [0.2, 0.25) is 16.6 Å². The third-order valence-electron chi connectivity index (χ3n) is 5.66. The van der Waals surface area contributed by atoms with Crippen molar-refractivity contribution < 1.29 is 14.3 Å². The summed E-state index contributed by atoms with van der Waals surface area (Å²) in [6, 6.07) is 8.48. The van der Waals surface area contributed by atoms with Crippen LogP contribution in [0.1, 0.15) is 52.7 Å². The van der Waals surface area contributed by atoms with Crippen LogP contribution in [0.4, 0.5) is 4.39 Å². The second-order valence-electron chi connectivity index (χ2n) is 8.20. The number of hydrogen-bond acceptors (Lipinski definition) is 1. The number of rotatable bonds is 5. The minimum absolute atomic E-state index is 0.0433. The van der Waals surface area contributed by atoms with Gasteiger partial charge in [-0.15, -0.1) is 5.54 Å². The number of carboxylic acid groups (broad SMARTS) is 1. The largest absolute Gasteiger partial charge is 0.481 e. The van der Waals surface area contributed by atoms with Crippen molar-refractivity contribution in [1.82, 2.24) is 0 Å². The van der Waals surface area contributed by atoms with Gasteiger partial charge in [0, 0.05) is 5.39 Å². The van der Waals surface area contributed by atoms with E-state index in [1.54, 1.807) is 18.2 Å². The molecule has 0 unspecified atom stereocenters. The van der Waals surface area contributed by atoms with Crippen LogP contribution in [0.5, 0.6) is 0 Å². The maximum absolute atomic E-state index is 14.6. The van der Waals surface area contributed by atoms with E-state index in [1.165, 1.54) is 6.07 Å². The molecule has 0 aliphatic rings. The number of hydrogen-bond donors (Lipinski definition) is 1. The topological polar surface area (TPSA) is 37.3 Å². The van der Waals surface area contributed by atoms with E-state index >= 15 is 0 Å². The Labute approximate surface area is 162 Å². The van der Waals surface area contributed by atoms with Gasteiger partial charge in [0.2, 0.25) is 0 Å². The van der Waals surface area contributed by atoms with Crippen molar-refractivity contribution in [2.75, 3.05) is 0 Å². The van der Waals surface area contributed by atoms with E-state index in [1.807, 2.05) is 6.07 Å². The number of carboxylic acids is 1. The highest BCUT2D eigenvalue weighted by Gasteiger charge is 2.41.